The van der Waals surface area contributed by atoms with E-state index in [1.807, 2.05) is 6.92 Å². The van der Waals surface area contributed by atoms with Crippen molar-refractivity contribution in [3.05, 3.63) is 90.5 Å². The van der Waals surface area contributed by atoms with Gasteiger partial charge in [0.15, 0.2) is 0 Å². The molecular formula is C33H35N5O11S. The van der Waals surface area contributed by atoms with Crippen molar-refractivity contribution < 1.29 is 43.6 Å². The normalized spacial score (nSPS) is 26.3. The van der Waals surface area contributed by atoms with Crippen molar-refractivity contribution in [1.82, 2.24) is 15.1 Å². The number of likely N-dealkylation sites (tertiary alicyclic amines) is 1. The van der Waals surface area contributed by atoms with Gasteiger partial charge in [0.25, 0.3) is 11.4 Å². The molecule has 0 radical (unpaired) electrons. The van der Waals surface area contributed by atoms with Crippen molar-refractivity contribution in [2.45, 2.75) is 63.3 Å². The summed E-state index contributed by atoms with van der Waals surface area (Å²) in [6.07, 6.45) is -0.859. The van der Waals surface area contributed by atoms with Crippen molar-refractivity contribution in [2.24, 2.45) is 17.8 Å². The van der Waals surface area contributed by atoms with Crippen molar-refractivity contribution in [2.75, 3.05) is 13.1 Å². The molecule has 7 atom stereocenters. The molecule has 0 aliphatic carbocycles. The molecular weight excluding hydrogens is 674 g/mol. The number of esters is 1. The topological polar surface area (TPSA) is 212 Å². The van der Waals surface area contributed by atoms with Gasteiger partial charge in [-0.3, -0.25) is 29.8 Å². The van der Waals surface area contributed by atoms with Crippen LogP contribution in [0.2, 0.25) is 0 Å². The second-order valence-corrected chi connectivity index (χ2v) is 14.3. The Balaban J connectivity index is 1.21. The number of fused-ring (bicyclic) bond motifs is 1. The Bertz CT molecular complexity index is 1750. The van der Waals surface area contributed by atoms with Gasteiger partial charge >= 0.3 is 12.1 Å². The minimum absolute atomic E-state index is 0.0739. The highest BCUT2D eigenvalue weighted by Gasteiger charge is 2.60. The SMILES string of the molecule is C[C@@H](O)[C@H]1C(=O)N2C(C(=O)OCc3ccc([N+](=O)[O-])cc3)=C(S[C@H]3C[C@@H]([C@H]4CNC(=O)C4)N(C(=O)OCc4ccc([N+](=O)[O-])cc4)C3)[C@H](C)[C@H]12. The first-order valence-corrected chi connectivity index (χ1v) is 17.0. The molecule has 0 saturated carbocycles. The number of aliphatic hydroxyl groups is 1. The average molecular weight is 710 g/mol. The molecule has 16 nitrogen and oxygen atoms in total. The molecule has 0 unspecified atom stereocenters. The Labute approximate surface area is 290 Å². The quantitative estimate of drug-likeness (QED) is 0.149. The van der Waals surface area contributed by atoms with Crippen LogP contribution in [0.4, 0.5) is 16.2 Å². The molecule has 3 saturated heterocycles. The monoisotopic (exact) mass is 709 g/mol. The number of nitrogens with one attached hydrogen (secondary N) is 1. The van der Waals surface area contributed by atoms with E-state index in [0.29, 0.717) is 29.0 Å². The lowest BCUT2D eigenvalue weighted by Gasteiger charge is -2.46. The maximum absolute atomic E-state index is 13.7. The zero-order valence-electron chi connectivity index (χ0n) is 27.1. The number of rotatable bonds is 11. The van der Waals surface area contributed by atoms with Crippen LogP contribution < -0.4 is 5.32 Å². The van der Waals surface area contributed by atoms with E-state index in [9.17, 15) is 44.5 Å². The van der Waals surface area contributed by atoms with Gasteiger partial charge in [-0.1, -0.05) is 6.92 Å². The van der Waals surface area contributed by atoms with Gasteiger partial charge in [-0.15, -0.1) is 11.8 Å². The summed E-state index contributed by atoms with van der Waals surface area (Å²) in [5.41, 5.74) is 0.951. The predicted molar refractivity (Wildman–Crippen MR) is 176 cm³/mol. The van der Waals surface area contributed by atoms with E-state index in [4.69, 9.17) is 9.47 Å². The highest BCUT2D eigenvalue weighted by Crippen LogP contribution is 2.53. The van der Waals surface area contributed by atoms with Gasteiger partial charge in [-0.25, -0.2) is 9.59 Å². The molecule has 3 fully saturated rings. The number of nitro groups is 2. The molecule has 0 spiro atoms. The van der Waals surface area contributed by atoms with Crippen LogP contribution in [0.15, 0.2) is 59.1 Å². The Morgan fingerprint density at radius 3 is 2.10 bits per heavy atom. The molecule has 2 N–H and O–H groups in total. The number of hydrogen-bond acceptors (Lipinski definition) is 12. The van der Waals surface area contributed by atoms with Crippen LogP contribution in [-0.4, -0.2) is 85.2 Å². The standard InChI is InChI=1S/C33H35N5O11S/c1-17-28-27(18(2)39)31(41)36(28)29(32(42)48-15-19-3-7-22(8-4-19)37(44)45)30(17)50-24-12-25(21-11-26(40)34-13-21)35(14-24)33(43)49-16-20-5-9-23(10-6-20)38(46)47/h3-10,17-18,21,24-25,27-28,39H,11-16H2,1-2H3,(H,34,40)/t17-,18-,21-,24+,25+,27-,28-/m1/s1. The lowest BCUT2D eigenvalue weighted by molar-refractivity contribution is -0.385. The van der Waals surface area contributed by atoms with Crippen LogP contribution in [0.25, 0.3) is 0 Å². The van der Waals surface area contributed by atoms with E-state index in [0.717, 1.165) is 0 Å². The molecule has 17 heteroatoms. The fourth-order valence-corrected chi connectivity index (χ4v) is 8.72. The van der Waals surface area contributed by atoms with Crippen molar-refractivity contribution in [3.63, 3.8) is 0 Å². The Kier molecular flexibility index (Phi) is 9.80. The molecule has 264 valence electrons. The van der Waals surface area contributed by atoms with Crippen molar-refractivity contribution in [3.8, 4) is 0 Å². The third-order valence-corrected chi connectivity index (χ3v) is 11.2. The summed E-state index contributed by atoms with van der Waals surface area (Å²) in [6.45, 7) is 3.70. The second kappa shape index (κ2) is 14.1. The number of non-ortho nitro benzene ring substituents is 2. The summed E-state index contributed by atoms with van der Waals surface area (Å²) in [5, 5.41) is 35.0. The number of nitrogens with zero attached hydrogens (tertiary/aromatic N) is 4. The molecule has 4 aliphatic heterocycles. The highest BCUT2D eigenvalue weighted by molar-refractivity contribution is 8.03. The maximum Gasteiger partial charge on any atom is 0.410 e. The molecule has 50 heavy (non-hydrogen) atoms. The number of ether oxygens (including phenoxy) is 2. The van der Waals surface area contributed by atoms with E-state index in [1.54, 1.807) is 4.90 Å². The summed E-state index contributed by atoms with van der Waals surface area (Å²) in [7, 11) is 0. The van der Waals surface area contributed by atoms with Crippen molar-refractivity contribution >= 4 is 47.0 Å². The number of thioether (sulfide) groups is 1. The molecule has 6 rings (SSSR count). The first-order chi connectivity index (χ1) is 23.8. The van der Waals surface area contributed by atoms with Gasteiger partial charge in [0.2, 0.25) is 11.8 Å². The van der Waals surface area contributed by atoms with E-state index in [-0.39, 0.29) is 72.3 Å². The summed E-state index contributed by atoms with van der Waals surface area (Å²) in [6, 6.07) is 10.4. The third-order valence-electron chi connectivity index (χ3n) is 9.71. The van der Waals surface area contributed by atoms with E-state index in [1.165, 1.54) is 72.1 Å². The predicted octanol–water partition coefficient (Wildman–Crippen LogP) is 3.26. The average Bonchev–Trinajstić information content (AvgIpc) is 3.77. The van der Waals surface area contributed by atoms with Crippen LogP contribution in [0, 0.1) is 38.0 Å². The zero-order valence-corrected chi connectivity index (χ0v) is 27.9. The first-order valence-electron chi connectivity index (χ1n) is 16.1. The molecule has 4 heterocycles. The minimum Gasteiger partial charge on any atom is -0.456 e. The number of nitro benzene ring substituents is 2. The minimum atomic E-state index is -0.947. The number of carbonyl (C=O) groups excluding carboxylic acids is 4. The smallest absolute Gasteiger partial charge is 0.410 e. The molecule has 0 aromatic heterocycles. The fraction of sp³-hybridized carbons (Fsp3) is 0.455. The Morgan fingerprint density at radius 2 is 1.58 bits per heavy atom. The highest BCUT2D eigenvalue weighted by atomic mass is 32.2. The molecule has 3 amide bonds. The van der Waals surface area contributed by atoms with Crippen molar-refractivity contribution in [1.29, 1.82) is 0 Å². The maximum atomic E-state index is 13.7. The number of hydrogen-bond donors (Lipinski definition) is 2. The summed E-state index contributed by atoms with van der Waals surface area (Å²) >= 11 is 1.36. The van der Waals surface area contributed by atoms with E-state index >= 15 is 0 Å². The summed E-state index contributed by atoms with van der Waals surface area (Å²) in [5.74, 6) is -2.50. The van der Waals surface area contributed by atoms with Crippen LogP contribution in [0.5, 0.6) is 0 Å². The van der Waals surface area contributed by atoms with Crippen LogP contribution in [0.1, 0.15) is 37.8 Å². The Hall–Kier alpha value is -5.03. The molecule has 0 bridgehead atoms. The van der Waals surface area contributed by atoms with Crippen LogP contribution in [-0.2, 0) is 37.1 Å². The number of benzene rings is 2. The second-order valence-electron chi connectivity index (χ2n) is 12.9. The largest absolute Gasteiger partial charge is 0.456 e. The Morgan fingerprint density at radius 1 is 1.00 bits per heavy atom. The zero-order chi connectivity index (χ0) is 35.9. The summed E-state index contributed by atoms with van der Waals surface area (Å²) in [4.78, 5) is 77.1. The number of β-lactam (4-membered cyclic amide) rings is 1. The van der Waals surface area contributed by atoms with Gasteiger partial charge in [0.1, 0.15) is 18.9 Å². The molecule has 4 aliphatic rings. The lowest BCUT2D eigenvalue weighted by Crippen LogP contribution is -2.63. The van der Waals surface area contributed by atoms with E-state index < -0.39 is 45.9 Å². The van der Waals surface area contributed by atoms with Crippen LogP contribution >= 0.6 is 11.8 Å². The van der Waals surface area contributed by atoms with Gasteiger partial charge in [-0.2, -0.15) is 0 Å². The molecule has 2 aromatic carbocycles. The third kappa shape index (κ3) is 6.74. The van der Waals surface area contributed by atoms with Gasteiger partial charge in [0.05, 0.1) is 27.9 Å². The van der Waals surface area contributed by atoms with Gasteiger partial charge in [-0.05, 0) is 48.7 Å². The van der Waals surface area contributed by atoms with Crippen LogP contribution in [0.3, 0.4) is 0 Å². The fourth-order valence-electron chi connectivity index (χ4n) is 7.19. The first kappa shape index (κ1) is 34.8. The number of amides is 3. The summed E-state index contributed by atoms with van der Waals surface area (Å²) < 4.78 is 11.2. The number of aliphatic hydroxyl groups excluding tert-OH is 1. The van der Waals surface area contributed by atoms with Gasteiger partial charge < -0.3 is 29.7 Å². The van der Waals surface area contributed by atoms with E-state index in [2.05, 4.69) is 5.32 Å². The molecule has 2 aromatic rings. The van der Waals surface area contributed by atoms with Gasteiger partial charge in [0, 0.05) is 71.8 Å². The lowest BCUT2D eigenvalue weighted by atomic mass is 9.79. The number of carbonyl (C=O) groups is 4.